The Labute approximate surface area is 923 Å². The van der Waals surface area contributed by atoms with Crippen LogP contribution in [0.2, 0.25) is 12.1 Å². The smallest absolute Gasteiger partial charge is 0.426 e. The van der Waals surface area contributed by atoms with Crippen LogP contribution in [0, 0.1) is 0 Å². The molecule has 3 amide bonds. The van der Waals surface area contributed by atoms with Crippen LogP contribution < -0.4 is 10.6 Å². The lowest BCUT2D eigenvalue weighted by atomic mass is 9.71. The molecule has 17 rings (SSSR count). The number of carbonyl (C=O) groups excluding carboxylic acids is 3. The van der Waals surface area contributed by atoms with E-state index >= 15 is 0 Å². The van der Waals surface area contributed by atoms with Crippen LogP contribution in [0.5, 0.6) is 0 Å². The predicted octanol–water partition coefficient (Wildman–Crippen LogP) is 22.0. The Kier molecular flexibility index (Phi) is 46.0. The lowest BCUT2D eigenvalue weighted by Gasteiger charge is -2.41. The maximum atomic E-state index is 13.2. The number of hydrogen-bond donors (Lipinski definition) is 4. The van der Waals surface area contributed by atoms with Gasteiger partial charge in [-0.1, -0.05) is 193 Å². The first-order valence-corrected chi connectivity index (χ1v) is 62.1. The van der Waals surface area contributed by atoms with Gasteiger partial charge in [-0.3, -0.25) is 18.7 Å². The van der Waals surface area contributed by atoms with Gasteiger partial charge in [-0.15, -0.1) is 18.2 Å². The van der Waals surface area contributed by atoms with Gasteiger partial charge in [0.15, 0.2) is 0 Å². The van der Waals surface area contributed by atoms with E-state index in [0.717, 1.165) is 138 Å². The van der Waals surface area contributed by atoms with Crippen molar-refractivity contribution in [2.24, 2.45) is 0 Å². The Bertz CT molecular complexity index is 4620. The molecule has 13 aliphatic rings. The third-order valence-corrected chi connectivity index (χ3v) is 38.4. The monoisotopic (exact) mass is 2320 g/mol. The minimum Gasteiger partial charge on any atom is -0.426 e. The number of aryl methyl sites for hydroxylation is 4. The Morgan fingerprint density at radius 2 is 0.733 bits per heavy atom. The lowest BCUT2D eigenvalue weighted by molar-refractivity contribution is -0.131. The van der Waals surface area contributed by atoms with Gasteiger partial charge in [-0.05, 0) is 364 Å². The molecule has 4 aromatic carbocycles. The molecule has 23 nitrogen and oxygen atoms in total. The highest BCUT2D eigenvalue weighted by Gasteiger charge is 2.61. The highest BCUT2D eigenvalue weighted by Crippen LogP contribution is 2.52. The zero-order valence-electron chi connectivity index (χ0n) is 93.8. The fourth-order valence-corrected chi connectivity index (χ4v) is 24.1. The van der Waals surface area contributed by atoms with E-state index < -0.39 is 23.3 Å². The first-order valence-electron chi connectivity index (χ1n) is 54.3. The van der Waals surface area contributed by atoms with Crippen LogP contribution >= 0.6 is 85.5 Å². The van der Waals surface area contributed by atoms with Crippen molar-refractivity contribution in [1.82, 2.24) is 29.6 Å². The molecule has 0 spiro atoms. The van der Waals surface area contributed by atoms with Crippen molar-refractivity contribution in [3.8, 4) is 0 Å². The number of nitrogens with zero attached hydrogens (tertiary/aromatic N) is 4. The largest absolute Gasteiger partial charge is 0.482 e. The summed E-state index contributed by atoms with van der Waals surface area (Å²) in [5, 5.41) is 28.9. The number of fused-ring (bicyclic) bond motifs is 4. The molecule has 4 N–H and O–H groups in total. The van der Waals surface area contributed by atoms with E-state index in [-0.39, 0.29) is 151 Å². The molecule has 814 valence electrons. The number of hydrogen-bond acceptors (Lipinski definition) is 20. The minimum atomic E-state index is -1.46. The summed E-state index contributed by atoms with van der Waals surface area (Å²) >= 11 is 19.4. The number of benzene rings is 4. The van der Waals surface area contributed by atoms with Gasteiger partial charge < -0.3 is 91.2 Å². The van der Waals surface area contributed by atoms with E-state index in [1.54, 1.807) is 11.0 Å². The molecule has 0 aromatic heterocycles. The maximum absolute atomic E-state index is 13.2. The van der Waals surface area contributed by atoms with E-state index in [9.17, 15) is 24.4 Å². The summed E-state index contributed by atoms with van der Waals surface area (Å²) in [6.45, 7) is 58.9. The van der Waals surface area contributed by atoms with Crippen LogP contribution in [0.15, 0.2) is 110 Å². The van der Waals surface area contributed by atoms with Crippen molar-refractivity contribution in [2.75, 3.05) is 92.4 Å². The van der Waals surface area contributed by atoms with Crippen LogP contribution in [-0.2, 0) is 95.9 Å². The molecule has 0 radical (unpaired) electrons. The fourth-order valence-electron chi connectivity index (χ4n) is 21.2. The van der Waals surface area contributed by atoms with Crippen LogP contribution in [-0.4, -0.2) is 285 Å². The Hall–Kier alpha value is -2.64. The Balaban J connectivity index is 0.000000179. The average Bonchev–Trinajstić information content (AvgIpc) is 1.61. The van der Waals surface area contributed by atoms with Crippen LogP contribution in [0.1, 0.15) is 332 Å². The summed E-state index contributed by atoms with van der Waals surface area (Å²) < 4.78 is 75.1. The molecular weight excluding hydrogens is 2140 g/mol. The Morgan fingerprint density at radius 1 is 0.425 bits per heavy atom. The molecule has 1 saturated carbocycles. The molecule has 0 bridgehead atoms. The van der Waals surface area contributed by atoms with Gasteiger partial charge >= 0.3 is 49.8 Å². The number of likely N-dealkylation sites (tertiary alicyclic amines) is 3. The van der Waals surface area contributed by atoms with Crippen LogP contribution in [0.25, 0.3) is 0 Å². The maximum Gasteiger partial charge on any atom is 0.482 e. The normalized spacial score (nSPS) is 25.1. The van der Waals surface area contributed by atoms with E-state index in [1.807, 2.05) is 65.2 Å². The van der Waals surface area contributed by atoms with Crippen LogP contribution in [0.3, 0.4) is 0 Å². The number of alkyl halides is 5. The fraction of sp³-hybridized carbons (Fsp3) is 0.736. The first kappa shape index (κ1) is 125. The molecule has 5 unspecified atom stereocenters. The topological polar surface area (TPSA) is 239 Å². The number of carbonyl (C=O) groups is 3. The predicted molar refractivity (Wildman–Crippen MR) is 621 cm³/mol. The lowest BCUT2D eigenvalue weighted by Crippen LogP contribution is -2.49. The number of rotatable bonds is 25. The van der Waals surface area contributed by atoms with Crippen molar-refractivity contribution in [3.05, 3.63) is 154 Å². The standard InChI is InChI=1S/C29H39BN2O3.C23H29BN2O3.C13H28BNO2S.C12H21BBrNO3.C11H21BO2.C10H19BBrClO2.C9H18BBrO2.C3H5Br/c1-28(2)29(3,4)35-30(34-28)26-14-9-19-32(26)27(33)20-31-18-17-25-23-12-7-5-10-21(23)15-16-22-11-6-8-13-24(22)25;27-23(26-15-5-10-22(26)24(28)29)16-25-14-13-21-19-8-3-1-6-17(19)11-12-18-7-2-4-9-20(18)21;1-12(2)13(3,4)17-14(16-12)11-9-8-10-15(11)18(5,6)7;1-11(2)12(3,4)18-13(17-11)9-6-5-7-15(9)10(16)8-14;1-10(2)11(3,4)14-12(13-10)9-7-5-6-8-9;1-9(2)10(3,4)15-11(14-9)8(13)6-5-7-12;1-8(2)9(3,4)13-10(12-8)6-5-7-11;1-2-3-4/h5-8,10-13,25-26,31H,9,14-20H2,1-4H3;1-4,6-9,21-22,25,28-29H,5,10-16H2;11H,8-10H2,1-7H3;9H,5-8H2,1-4H3;9H,5-8H2,1-4H3;8H,5-7H2,1-4H3;5-7H2,1-4H3;2H,1,3H2. The molecule has 3 aliphatic carbocycles. The molecule has 4 aromatic rings. The SMILES string of the molecule is C=CCBr.CC1(C)OB(C(Cl)CCCBr)OC1(C)C.CC1(C)OB(C2CCCC2)OC1(C)C.CC1(C)OB(C2CCCN2C(=O)CBr)OC1(C)C.CC1(C)OB(C2CCCN2C(=O)CNCCC2c3ccccc3CCc3ccccc32)OC1(C)C.CC1(C)OB(C2CCCN2S(C)(C)C)OC1(C)C.CC1(C)OB(CCCBr)OC1(C)C.O=C(CNCCC1c2ccccc2CCc2ccccc21)N1CCCC1B(O)O. The van der Waals surface area contributed by atoms with E-state index in [1.165, 1.54) is 89.6 Å². The van der Waals surface area contributed by atoms with Crippen molar-refractivity contribution in [1.29, 1.82) is 0 Å². The van der Waals surface area contributed by atoms with Gasteiger partial charge in [-0.25, -0.2) is 0 Å². The van der Waals surface area contributed by atoms with Gasteiger partial charge in [0, 0.05) is 54.0 Å². The highest BCUT2D eigenvalue weighted by atomic mass is 79.9. The number of nitrogens with one attached hydrogen (secondary N) is 2. The van der Waals surface area contributed by atoms with Gasteiger partial charge in [0.1, 0.15) is 0 Å². The first-order chi connectivity index (χ1) is 68.3. The summed E-state index contributed by atoms with van der Waals surface area (Å²) in [6.07, 6.45) is 32.1. The molecular formula is C110H180B7Br4ClN6O17S. The van der Waals surface area contributed by atoms with Crippen molar-refractivity contribution in [2.45, 2.75) is 421 Å². The Morgan fingerprint density at radius 3 is 1.08 bits per heavy atom. The van der Waals surface area contributed by atoms with Gasteiger partial charge in [0.25, 0.3) is 0 Å². The van der Waals surface area contributed by atoms with E-state index in [0.29, 0.717) is 48.4 Å². The molecule has 11 fully saturated rings. The second-order valence-electron chi connectivity index (χ2n) is 48.4. The zero-order chi connectivity index (χ0) is 108. The van der Waals surface area contributed by atoms with E-state index in [4.69, 9.17) is 67.5 Å². The summed E-state index contributed by atoms with van der Waals surface area (Å²) in [7, 11) is -3.14. The quantitative estimate of drug-likeness (QED) is 0.0209. The third-order valence-electron chi connectivity index (χ3n) is 34.1. The van der Waals surface area contributed by atoms with E-state index in [2.05, 4.69) is 312 Å². The molecule has 10 saturated heterocycles. The summed E-state index contributed by atoms with van der Waals surface area (Å²) in [6, 6.07) is 35.1. The van der Waals surface area contributed by atoms with Gasteiger partial charge in [-0.2, -0.15) is 10.2 Å². The van der Waals surface area contributed by atoms with Crippen molar-refractivity contribution in [3.63, 3.8) is 0 Å². The number of allylic oxidation sites excluding steroid dienone is 1. The van der Waals surface area contributed by atoms with Crippen LogP contribution in [0.4, 0.5) is 0 Å². The van der Waals surface area contributed by atoms with Gasteiger partial charge in [0.2, 0.25) is 17.7 Å². The minimum absolute atomic E-state index is 0.00837. The summed E-state index contributed by atoms with van der Waals surface area (Å²) in [5.41, 5.74) is 8.36. The molecule has 146 heavy (non-hydrogen) atoms. The highest BCUT2D eigenvalue weighted by molar-refractivity contribution is 9.09. The van der Waals surface area contributed by atoms with Crippen molar-refractivity contribution >= 4 is 153 Å². The summed E-state index contributed by atoms with van der Waals surface area (Å²) in [4.78, 5) is 43.0. The third kappa shape index (κ3) is 31.9. The summed E-state index contributed by atoms with van der Waals surface area (Å²) in [5.74, 6) is 1.53. The van der Waals surface area contributed by atoms with Crippen molar-refractivity contribution < 1.29 is 80.3 Å². The number of amides is 3. The average molecular weight is 2320 g/mol. The van der Waals surface area contributed by atoms with Gasteiger partial charge in [0.05, 0.1) is 115 Å². The molecule has 10 aliphatic heterocycles. The second kappa shape index (κ2) is 53.6. The zero-order valence-corrected chi connectivity index (χ0v) is 102. The molecule has 10 heterocycles. The second-order valence-corrected chi connectivity index (χ2v) is 55.7. The molecule has 5 atom stereocenters. The number of halogens is 5. The molecule has 36 heteroatoms.